The predicted octanol–water partition coefficient (Wildman–Crippen LogP) is 4.89. The molecule has 3 aromatic rings. The van der Waals surface area contributed by atoms with Gasteiger partial charge in [0.2, 0.25) is 0 Å². The maximum atomic E-state index is 5.97. The minimum Gasteiger partial charge on any atom is -0.274 e. The zero-order valence-corrected chi connectivity index (χ0v) is 14.1. The van der Waals surface area contributed by atoms with E-state index in [1.807, 2.05) is 13.0 Å². The van der Waals surface area contributed by atoms with Crippen LogP contribution in [0.1, 0.15) is 16.3 Å². The second kappa shape index (κ2) is 6.22. The van der Waals surface area contributed by atoms with Gasteiger partial charge < -0.3 is 0 Å². The fraction of sp³-hybridized carbons (Fsp3) is 0.200. The Morgan fingerprint density at radius 3 is 2.76 bits per heavy atom. The first-order valence-corrected chi connectivity index (χ1v) is 8.67. The molecule has 0 bridgehead atoms. The van der Waals surface area contributed by atoms with Gasteiger partial charge in [-0.15, -0.1) is 21.5 Å². The Morgan fingerprint density at radius 1 is 1.19 bits per heavy atom. The first kappa shape index (κ1) is 14.6. The molecule has 0 saturated heterocycles. The van der Waals surface area contributed by atoms with E-state index in [-0.39, 0.29) is 0 Å². The number of aryl methyl sites for hydroxylation is 2. The zero-order chi connectivity index (χ0) is 14.8. The van der Waals surface area contributed by atoms with E-state index in [0.29, 0.717) is 0 Å². The Balaban J connectivity index is 1.86. The second-order valence-electron chi connectivity index (χ2n) is 4.70. The molecule has 0 amide bonds. The molecule has 0 spiro atoms. The first-order chi connectivity index (χ1) is 10.1. The van der Waals surface area contributed by atoms with Gasteiger partial charge in [-0.05, 0) is 43.7 Å². The number of aromatic nitrogens is 3. The lowest BCUT2D eigenvalue weighted by Gasteiger charge is -2.08. The molecule has 6 heteroatoms. The largest absolute Gasteiger partial charge is 0.274 e. The summed E-state index contributed by atoms with van der Waals surface area (Å²) in [7, 11) is 0. The lowest BCUT2D eigenvalue weighted by atomic mass is 10.2. The number of halogens is 1. The highest BCUT2D eigenvalue weighted by Gasteiger charge is 2.12. The standard InChI is InChI=1S/C15H14ClN3S2/c1-10-4-3-5-12(8-10)19-11(2)17-18-15(19)20-9-13-6-7-14(16)21-13/h3-8H,9H2,1-2H3. The van der Waals surface area contributed by atoms with Crippen LogP contribution in [0.15, 0.2) is 41.6 Å². The Kier molecular flexibility index (Phi) is 4.33. The molecule has 3 rings (SSSR count). The van der Waals surface area contributed by atoms with Crippen LogP contribution in [0.25, 0.3) is 5.69 Å². The maximum absolute atomic E-state index is 5.97. The van der Waals surface area contributed by atoms with E-state index in [1.165, 1.54) is 10.4 Å². The average Bonchev–Trinajstić information content (AvgIpc) is 3.02. The molecule has 2 heterocycles. The molecule has 1 aromatic carbocycles. The lowest BCUT2D eigenvalue weighted by Crippen LogP contribution is -1.99. The van der Waals surface area contributed by atoms with E-state index in [0.717, 1.165) is 26.8 Å². The van der Waals surface area contributed by atoms with Crippen molar-refractivity contribution in [2.24, 2.45) is 0 Å². The fourth-order valence-electron chi connectivity index (χ4n) is 2.07. The van der Waals surface area contributed by atoms with Crippen LogP contribution in [0.3, 0.4) is 0 Å². The van der Waals surface area contributed by atoms with Crippen LogP contribution in [0.2, 0.25) is 4.34 Å². The monoisotopic (exact) mass is 335 g/mol. The van der Waals surface area contributed by atoms with Gasteiger partial charge in [0.1, 0.15) is 5.82 Å². The third-order valence-corrected chi connectivity index (χ3v) is 5.42. The van der Waals surface area contributed by atoms with E-state index >= 15 is 0 Å². The van der Waals surface area contributed by atoms with Crippen molar-refractivity contribution in [1.82, 2.24) is 14.8 Å². The molecule has 0 fully saturated rings. The summed E-state index contributed by atoms with van der Waals surface area (Å²) < 4.78 is 2.91. The van der Waals surface area contributed by atoms with Crippen LogP contribution in [0.4, 0.5) is 0 Å². The first-order valence-electron chi connectivity index (χ1n) is 6.49. The van der Waals surface area contributed by atoms with Gasteiger partial charge in [0.05, 0.1) is 4.34 Å². The summed E-state index contributed by atoms with van der Waals surface area (Å²) in [5.41, 5.74) is 2.32. The van der Waals surface area contributed by atoms with Crippen molar-refractivity contribution < 1.29 is 0 Å². The van der Waals surface area contributed by atoms with E-state index in [4.69, 9.17) is 11.6 Å². The van der Waals surface area contributed by atoms with Crippen LogP contribution in [-0.2, 0) is 5.75 Å². The van der Waals surface area contributed by atoms with Crippen LogP contribution >= 0.6 is 34.7 Å². The fourth-order valence-corrected chi connectivity index (χ4v) is 4.19. The molecule has 0 saturated carbocycles. The molecule has 0 aliphatic heterocycles. The maximum Gasteiger partial charge on any atom is 0.196 e. The molecule has 0 N–H and O–H groups in total. The number of hydrogen-bond donors (Lipinski definition) is 0. The summed E-state index contributed by atoms with van der Waals surface area (Å²) in [6, 6.07) is 12.3. The minimum atomic E-state index is 0.821. The van der Waals surface area contributed by atoms with Gasteiger partial charge in [0, 0.05) is 16.3 Å². The molecular formula is C15H14ClN3S2. The predicted molar refractivity (Wildman–Crippen MR) is 89.7 cm³/mol. The van der Waals surface area contributed by atoms with Gasteiger partial charge in [-0.3, -0.25) is 4.57 Å². The van der Waals surface area contributed by atoms with Crippen LogP contribution in [-0.4, -0.2) is 14.8 Å². The molecule has 21 heavy (non-hydrogen) atoms. The van der Waals surface area contributed by atoms with Crippen molar-refractivity contribution in [3.05, 3.63) is 57.0 Å². The van der Waals surface area contributed by atoms with Crippen molar-refractivity contribution in [2.45, 2.75) is 24.8 Å². The van der Waals surface area contributed by atoms with Crippen molar-refractivity contribution in [2.75, 3.05) is 0 Å². The van der Waals surface area contributed by atoms with Gasteiger partial charge in [0.15, 0.2) is 5.16 Å². The van der Waals surface area contributed by atoms with Crippen LogP contribution in [0, 0.1) is 13.8 Å². The quantitative estimate of drug-likeness (QED) is 0.636. The SMILES string of the molecule is Cc1cccc(-n2c(C)nnc2SCc2ccc(Cl)s2)c1. The summed E-state index contributed by atoms with van der Waals surface area (Å²) in [5.74, 6) is 1.74. The Hall–Kier alpha value is -1.30. The van der Waals surface area contributed by atoms with Crippen LogP contribution < -0.4 is 0 Å². The van der Waals surface area contributed by atoms with Gasteiger partial charge in [-0.2, -0.15) is 0 Å². The number of nitrogens with zero attached hydrogens (tertiary/aromatic N) is 3. The number of thiophene rings is 1. The number of hydrogen-bond acceptors (Lipinski definition) is 4. The molecular weight excluding hydrogens is 322 g/mol. The van der Waals surface area contributed by atoms with E-state index in [1.54, 1.807) is 23.1 Å². The average molecular weight is 336 g/mol. The normalized spacial score (nSPS) is 11.0. The molecule has 3 nitrogen and oxygen atoms in total. The summed E-state index contributed by atoms with van der Waals surface area (Å²) in [4.78, 5) is 1.24. The van der Waals surface area contributed by atoms with Crippen molar-refractivity contribution in [3.63, 3.8) is 0 Å². The molecule has 0 aliphatic carbocycles. The highest BCUT2D eigenvalue weighted by molar-refractivity contribution is 7.98. The molecule has 0 radical (unpaired) electrons. The van der Waals surface area contributed by atoms with Crippen LogP contribution in [0.5, 0.6) is 0 Å². The lowest BCUT2D eigenvalue weighted by molar-refractivity contribution is 0.867. The summed E-state index contributed by atoms with van der Waals surface area (Å²) in [6.07, 6.45) is 0. The smallest absolute Gasteiger partial charge is 0.196 e. The third kappa shape index (κ3) is 3.31. The van der Waals surface area contributed by atoms with Gasteiger partial charge in [-0.1, -0.05) is 35.5 Å². The molecule has 2 aromatic heterocycles. The van der Waals surface area contributed by atoms with Gasteiger partial charge >= 0.3 is 0 Å². The zero-order valence-electron chi connectivity index (χ0n) is 11.7. The second-order valence-corrected chi connectivity index (χ2v) is 7.44. The summed E-state index contributed by atoms with van der Waals surface area (Å²) >= 11 is 9.25. The summed E-state index contributed by atoms with van der Waals surface area (Å²) in [6.45, 7) is 4.06. The molecule has 0 aliphatic rings. The number of thioether (sulfide) groups is 1. The highest BCUT2D eigenvalue weighted by Crippen LogP contribution is 2.29. The number of benzene rings is 1. The topological polar surface area (TPSA) is 30.7 Å². The van der Waals surface area contributed by atoms with E-state index < -0.39 is 0 Å². The molecule has 0 atom stereocenters. The number of rotatable bonds is 4. The highest BCUT2D eigenvalue weighted by atomic mass is 35.5. The van der Waals surface area contributed by atoms with Gasteiger partial charge in [0.25, 0.3) is 0 Å². The van der Waals surface area contributed by atoms with E-state index in [2.05, 4.69) is 52.0 Å². The Morgan fingerprint density at radius 2 is 2.05 bits per heavy atom. The molecule has 108 valence electrons. The summed E-state index contributed by atoms with van der Waals surface area (Å²) in [5, 5.41) is 9.41. The van der Waals surface area contributed by atoms with Crippen molar-refractivity contribution in [1.29, 1.82) is 0 Å². The minimum absolute atomic E-state index is 0.821. The Labute approximate surface area is 137 Å². The van der Waals surface area contributed by atoms with Gasteiger partial charge in [-0.25, -0.2) is 0 Å². The third-order valence-electron chi connectivity index (χ3n) is 3.03. The Bertz CT molecular complexity index is 764. The van der Waals surface area contributed by atoms with E-state index in [9.17, 15) is 0 Å². The molecule has 0 unspecified atom stereocenters. The van der Waals surface area contributed by atoms with Crippen molar-refractivity contribution in [3.8, 4) is 5.69 Å². The van der Waals surface area contributed by atoms with Crippen molar-refractivity contribution >= 4 is 34.7 Å².